The predicted octanol–water partition coefficient (Wildman–Crippen LogP) is 10.4. The molecule has 4 atom stereocenters. The number of fused-ring (bicyclic) bond motifs is 3. The highest BCUT2D eigenvalue weighted by atomic mass is 16.6. The molecule has 2 aliphatic heterocycles. The highest BCUT2D eigenvalue weighted by molar-refractivity contribution is 5.92. The van der Waals surface area contributed by atoms with Crippen LogP contribution in [0.5, 0.6) is 11.5 Å². The maximum absolute atomic E-state index is 6.66. The third-order valence-electron chi connectivity index (χ3n) is 11.4. The van der Waals surface area contributed by atoms with Gasteiger partial charge < -0.3 is 28.4 Å². The van der Waals surface area contributed by atoms with Crippen LogP contribution >= 0.6 is 0 Å². The number of hydrogen-bond acceptors (Lipinski definition) is 6. The Balaban J connectivity index is 1.22. The third kappa shape index (κ3) is 7.51. The van der Waals surface area contributed by atoms with Crippen LogP contribution in [-0.2, 0) is 24.4 Å². The topological polar surface area (TPSA) is 62.0 Å². The number of benzene rings is 6. The highest BCUT2D eigenvalue weighted by Gasteiger charge is 2.48. The molecule has 2 saturated heterocycles. The molecule has 0 saturated carbocycles. The van der Waals surface area contributed by atoms with Crippen molar-refractivity contribution in [2.75, 3.05) is 39.6 Å². The van der Waals surface area contributed by atoms with Gasteiger partial charge in [-0.3, -0.25) is 0 Å². The number of epoxide rings is 2. The SMILES string of the molecule is Cc1ccc(OCC(C)OCC2CO2)c(-c2ccccc2C2(c3ccccc3-c3cc(C)ccc3OCC(C)OCC3CO3)c3ccccc3-c3ccccc32)c1. The zero-order chi connectivity index (χ0) is 38.9. The average molecular weight is 759 g/mol. The van der Waals surface area contributed by atoms with Crippen molar-refractivity contribution >= 4 is 0 Å². The van der Waals surface area contributed by atoms with Gasteiger partial charge in [0, 0.05) is 11.1 Å². The van der Waals surface area contributed by atoms with Crippen LogP contribution in [0.2, 0.25) is 0 Å². The minimum absolute atomic E-state index is 0.0853. The minimum atomic E-state index is -0.705. The number of aryl methyl sites for hydroxylation is 2. The van der Waals surface area contributed by atoms with Crippen molar-refractivity contribution in [3.8, 4) is 44.9 Å². The quantitative estimate of drug-likeness (QED) is 0.0915. The molecule has 6 heteroatoms. The van der Waals surface area contributed by atoms with Crippen LogP contribution in [0, 0.1) is 13.8 Å². The summed E-state index contributed by atoms with van der Waals surface area (Å²) < 4.78 is 36.2. The Hall–Kier alpha value is -5.24. The van der Waals surface area contributed by atoms with Gasteiger partial charge in [-0.1, -0.05) is 120 Å². The summed E-state index contributed by atoms with van der Waals surface area (Å²) in [4.78, 5) is 0. The lowest BCUT2D eigenvalue weighted by Gasteiger charge is -2.37. The molecule has 6 aromatic carbocycles. The lowest BCUT2D eigenvalue weighted by Crippen LogP contribution is -2.30. The Morgan fingerprint density at radius 3 is 1.18 bits per heavy atom. The summed E-state index contributed by atoms with van der Waals surface area (Å²) in [6.45, 7) is 12.0. The van der Waals surface area contributed by atoms with Crippen molar-refractivity contribution in [3.05, 3.63) is 167 Å². The maximum atomic E-state index is 6.66. The van der Waals surface area contributed by atoms with Gasteiger partial charge in [0.25, 0.3) is 0 Å². The van der Waals surface area contributed by atoms with Crippen LogP contribution in [0.1, 0.15) is 47.2 Å². The molecule has 9 rings (SSSR count). The number of hydrogen-bond donors (Lipinski definition) is 0. The van der Waals surface area contributed by atoms with E-state index in [1.165, 1.54) is 33.4 Å². The van der Waals surface area contributed by atoms with E-state index in [9.17, 15) is 0 Å². The standard InChI is InChI=1S/C51H50O6/c1-33-21-23-49(56-27-35(3)52-29-37-31-54-37)43(25-33)41-15-7-11-19-47(41)51(45-17-9-5-13-39(45)40-14-6-10-18-46(40)51)48-20-12-8-16-42(48)44-26-34(2)22-24-50(44)57-28-36(4)53-30-38-32-55-38/h5-26,35-38H,27-32H2,1-4H3. The van der Waals surface area contributed by atoms with Gasteiger partial charge in [-0.15, -0.1) is 0 Å². The Morgan fingerprint density at radius 1 is 0.491 bits per heavy atom. The van der Waals surface area contributed by atoms with E-state index in [1.54, 1.807) is 0 Å². The monoisotopic (exact) mass is 758 g/mol. The molecule has 290 valence electrons. The minimum Gasteiger partial charge on any atom is -0.490 e. The molecule has 0 spiro atoms. The van der Waals surface area contributed by atoms with Crippen LogP contribution in [-0.4, -0.2) is 64.1 Å². The molecule has 0 bridgehead atoms. The third-order valence-corrected chi connectivity index (χ3v) is 11.4. The van der Waals surface area contributed by atoms with Crippen molar-refractivity contribution < 1.29 is 28.4 Å². The van der Waals surface area contributed by atoms with Crippen molar-refractivity contribution in [2.24, 2.45) is 0 Å². The van der Waals surface area contributed by atoms with Crippen LogP contribution in [0.25, 0.3) is 33.4 Å². The molecular weight excluding hydrogens is 709 g/mol. The smallest absolute Gasteiger partial charge is 0.127 e. The summed E-state index contributed by atoms with van der Waals surface area (Å²) in [7, 11) is 0. The molecule has 2 heterocycles. The molecule has 57 heavy (non-hydrogen) atoms. The lowest BCUT2D eigenvalue weighted by molar-refractivity contribution is 0.0242. The Morgan fingerprint density at radius 2 is 0.825 bits per heavy atom. The van der Waals surface area contributed by atoms with Gasteiger partial charge in [0.2, 0.25) is 0 Å². The molecular formula is C51H50O6. The molecule has 3 aliphatic rings. The van der Waals surface area contributed by atoms with Crippen LogP contribution in [0.3, 0.4) is 0 Å². The summed E-state index contributed by atoms with van der Waals surface area (Å²) in [6, 6.07) is 48.6. The molecule has 0 aromatic heterocycles. The Bertz CT molecular complexity index is 2210. The van der Waals surface area contributed by atoms with Crippen molar-refractivity contribution in [1.29, 1.82) is 0 Å². The first-order chi connectivity index (χ1) is 27.9. The first-order valence-electron chi connectivity index (χ1n) is 20.2. The van der Waals surface area contributed by atoms with Gasteiger partial charge in [-0.05, 0) is 96.5 Å². The lowest BCUT2D eigenvalue weighted by atomic mass is 9.64. The average Bonchev–Trinajstić information content (AvgIpc) is 4.19. The Labute approximate surface area is 336 Å². The summed E-state index contributed by atoms with van der Waals surface area (Å²) >= 11 is 0. The molecule has 0 N–H and O–H groups in total. The fourth-order valence-electron chi connectivity index (χ4n) is 8.39. The zero-order valence-corrected chi connectivity index (χ0v) is 33.2. The van der Waals surface area contributed by atoms with Crippen LogP contribution in [0.4, 0.5) is 0 Å². The summed E-state index contributed by atoms with van der Waals surface area (Å²) in [5, 5.41) is 0. The number of rotatable bonds is 16. The van der Waals surface area contributed by atoms with Crippen LogP contribution in [0.15, 0.2) is 133 Å². The molecule has 6 aromatic rings. The van der Waals surface area contributed by atoms with E-state index in [0.717, 1.165) is 58.1 Å². The molecule has 0 radical (unpaired) electrons. The van der Waals surface area contributed by atoms with Gasteiger partial charge in [-0.2, -0.15) is 0 Å². The van der Waals surface area contributed by atoms with E-state index in [4.69, 9.17) is 28.4 Å². The van der Waals surface area contributed by atoms with Crippen molar-refractivity contribution in [2.45, 2.75) is 57.5 Å². The van der Waals surface area contributed by atoms with E-state index in [2.05, 4.69) is 161 Å². The normalized spacial score (nSPS) is 18.3. The maximum Gasteiger partial charge on any atom is 0.127 e. The second kappa shape index (κ2) is 16.0. The largest absolute Gasteiger partial charge is 0.490 e. The zero-order valence-electron chi connectivity index (χ0n) is 33.2. The molecule has 1 aliphatic carbocycles. The highest BCUT2D eigenvalue weighted by Crippen LogP contribution is 2.60. The summed E-state index contributed by atoms with van der Waals surface area (Å²) in [6.07, 6.45) is 0.242. The fourth-order valence-corrected chi connectivity index (χ4v) is 8.39. The van der Waals surface area contributed by atoms with E-state index >= 15 is 0 Å². The van der Waals surface area contributed by atoms with Gasteiger partial charge >= 0.3 is 0 Å². The summed E-state index contributed by atoms with van der Waals surface area (Å²) in [5.74, 6) is 1.65. The molecule has 0 amide bonds. The molecule has 2 fully saturated rings. The first kappa shape index (κ1) is 37.3. The van der Waals surface area contributed by atoms with Crippen molar-refractivity contribution in [1.82, 2.24) is 0 Å². The Kier molecular flexibility index (Phi) is 10.5. The summed E-state index contributed by atoms with van der Waals surface area (Å²) in [5.41, 5.74) is 13.2. The second-order valence-corrected chi connectivity index (χ2v) is 15.8. The predicted molar refractivity (Wildman–Crippen MR) is 225 cm³/mol. The van der Waals surface area contributed by atoms with Gasteiger partial charge in [0.15, 0.2) is 0 Å². The van der Waals surface area contributed by atoms with E-state index < -0.39 is 5.41 Å². The van der Waals surface area contributed by atoms with Gasteiger partial charge in [0.1, 0.15) is 36.9 Å². The van der Waals surface area contributed by atoms with Crippen molar-refractivity contribution in [3.63, 3.8) is 0 Å². The molecule has 6 nitrogen and oxygen atoms in total. The van der Waals surface area contributed by atoms with E-state index in [0.29, 0.717) is 26.4 Å². The van der Waals surface area contributed by atoms with Gasteiger partial charge in [-0.25, -0.2) is 0 Å². The second-order valence-electron chi connectivity index (χ2n) is 15.8. The van der Waals surface area contributed by atoms with E-state index in [-0.39, 0.29) is 24.4 Å². The van der Waals surface area contributed by atoms with E-state index in [1.807, 2.05) is 0 Å². The first-order valence-corrected chi connectivity index (χ1v) is 20.2. The van der Waals surface area contributed by atoms with Crippen LogP contribution < -0.4 is 9.47 Å². The fraction of sp³-hybridized carbons (Fsp3) is 0.294. The van der Waals surface area contributed by atoms with Gasteiger partial charge in [0.05, 0.1) is 44.1 Å². The molecule has 4 unspecified atom stereocenters. The number of ether oxygens (including phenoxy) is 6.